The summed E-state index contributed by atoms with van der Waals surface area (Å²) < 4.78 is 22.5. The number of carbonyl (C=O) groups excluding carboxylic acids is 1. The zero-order valence-electron chi connectivity index (χ0n) is 17.6. The van der Waals surface area contributed by atoms with E-state index < -0.39 is 0 Å². The van der Waals surface area contributed by atoms with Gasteiger partial charge >= 0.3 is 0 Å². The van der Waals surface area contributed by atoms with Crippen LogP contribution >= 0.6 is 11.3 Å². The number of nitrogens with one attached hydrogen (secondary N) is 1. The summed E-state index contributed by atoms with van der Waals surface area (Å²) >= 11 is 1.26. The lowest BCUT2D eigenvalue weighted by Gasteiger charge is -2.08. The molecular weight excluding hydrogens is 425 g/mol. The van der Waals surface area contributed by atoms with Gasteiger partial charge in [-0.05, 0) is 49.4 Å². The summed E-state index contributed by atoms with van der Waals surface area (Å²) in [4.78, 5) is 18.2. The van der Waals surface area contributed by atoms with Gasteiger partial charge in [-0.2, -0.15) is 0 Å². The lowest BCUT2D eigenvalue weighted by Crippen LogP contribution is -2.12. The molecule has 0 spiro atoms. The van der Waals surface area contributed by atoms with Crippen molar-refractivity contribution >= 4 is 44.1 Å². The molecule has 0 saturated carbocycles. The minimum absolute atomic E-state index is 0.156. The van der Waals surface area contributed by atoms with Crippen LogP contribution in [0.15, 0.2) is 66.7 Å². The van der Waals surface area contributed by atoms with Gasteiger partial charge in [-0.3, -0.25) is 9.36 Å². The van der Waals surface area contributed by atoms with E-state index in [2.05, 4.69) is 14.9 Å². The molecule has 0 unspecified atom stereocenters. The number of aromatic nitrogens is 2. The van der Waals surface area contributed by atoms with Crippen molar-refractivity contribution in [2.75, 3.05) is 12.4 Å². The molecule has 1 amide bonds. The van der Waals surface area contributed by atoms with Crippen LogP contribution in [0.3, 0.4) is 0 Å². The zero-order chi connectivity index (χ0) is 22.2. The van der Waals surface area contributed by atoms with Crippen molar-refractivity contribution in [1.29, 1.82) is 0 Å². The second-order valence-electron chi connectivity index (χ2n) is 7.44. The fourth-order valence-electron chi connectivity index (χ4n) is 4.00. The predicted octanol–water partition coefficient (Wildman–Crippen LogP) is 6.09. The summed E-state index contributed by atoms with van der Waals surface area (Å²) in [6, 6.07) is 20.5. The fraction of sp³-hybridized carbons (Fsp3) is 0.120. The Morgan fingerprint density at radius 3 is 2.72 bits per heavy atom. The van der Waals surface area contributed by atoms with Gasteiger partial charge in [-0.25, -0.2) is 9.37 Å². The van der Waals surface area contributed by atoms with E-state index in [0.717, 1.165) is 27.2 Å². The van der Waals surface area contributed by atoms with Crippen LogP contribution in [0.1, 0.15) is 21.1 Å². The monoisotopic (exact) mass is 445 g/mol. The topological polar surface area (TPSA) is 56.1 Å². The minimum Gasteiger partial charge on any atom is -0.380 e. The number of carbonyl (C=O) groups is 1. The molecule has 7 heteroatoms. The summed E-state index contributed by atoms with van der Waals surface area (Å²) in [5.41, 5.74) is 3.95. The van der Waals surface area contributed by atoms with Gasteiger partial charge in [0.1, 0.15) is 11.6 Å². The summed E-state index contributed by atoms with van der Waals surface area (Å²) in [6.07, 6.45) is 0. The molecule has 0 aliphatic carbocycles. The van der Waals surface area contributed by atoms with Crippen LogP contribution in [-0.2, 0) is 11.3 Å². The lowest BCUT2D eigenvalue weighted by molar-refractivity contribution is 0.102. The third-order valence-corrected chi connectivity index (χ3v) is 6.55. The first-order valence-electron chi connectivity index (χ1n) is 10.1. The van der Waals surface area contributed by atoms with Crippen molar-refractivity contribution in [2.24, 2.45) is 0 Å². The zero-order valence-corrected chi connectivity index (χ0v) is 18.4. The molecule has 2 heterocycles. The highest BCUT2D eigenvalue weighted by Gasteiger charge is 2.21. The second kappa shape index (κ2) is 8.18. The normalized spacial score (nSPS) is 11.3. The molecule has 0 radical (unpaired) electrons. The van der Waals surface area contributed by atoms with Crippen molar-refractivity contribution in [2.45, 2.75) is 13.5 Å². The summed E-state index contributed by atoms with van der Waals surface area (Å²) in [5.74, 6) is 0.210. The van der Waals surface area contributed by atoms with E-state index >= 15 is 0 Å². The van der Waals surface area contributed by atoms with Gasteiger partial charge < -0.3 is 10.1 Å². The van der Waals surface area contributed by atoms with Crippen LogP contribution in [0.4, 0.5) is 10.1 Å². The molecular formula is C25H20FN3O2S. The molecule has 0 saturated heterocycles. The van der Waals surface area contributed by atoms with E-state index in [-0.39, 0.29) is 18.3 Å². The highest BCUT2D eigenvalue weighted by Crippen LogP contribution is 2.34. The van der Waals surface area contributed by atoms with E-state index in [4.69, 9.17) is 4.74 Å². The number of hydrogen-bond donors (Lipinski definition) is 1. The lowest BCUT2D eigenvalue weighted by atomic mass is 10.1. The summed E-state index contributed by atoms with van der Waals surface area (Å²) in [7, 11) is 1.53. The van der Waals surface area contributed by atoms with Crippen molar-refractivity contribution < 1.29 is 13.9 Å². The summed E-state index contributed by atoms with van der Waals surface area (Å²) in [5, 5.41) is 3.38. The van der Waals surface area contributed by atoms with Gasteiger partial charge in [0.2, 0.25) is 0 Å². The van der Waals surface area contributed by atoms with Crippen molar-refractivity contribution in [3.63, 3.8) is 0 Å². The van der Waals surface area contributed by atoms with Crippen LogP contribution in [0, 0.1) is 12.7 Å². The Hall–Kier alpha value is -3.55. The second-order valence-corrected chi connectivity index (χ2v) is 8.50. The standard InChI is InChI=1S/C25H20FN3O2S/c1-15-27-20-13-16(11-12-21(20)29(15)17-7-4-3-5-8-17)28-25(30)24-18(14-31-2)23-19(26)9-6-10-22(23)32-24/h3-13H,14H2,1-2H3,(H,28,30). The number of methoxy groups -OCH3 is 1. The minimum atomic E-state index is -0.354. The Morgan fingerprint density at radius 2 is 1.94 bits per heavy atom. The third-order valence-electron chi connectivity index (χ3n) is 5.35. The number of rotatable bonds is 5. The Bertz CT molecular complexity index is 1460. The molecule has 0 fully saturated rings. The Balaban J connectivity index is 1.51. The van der Waals surface area contributed by atoms with Gasteiger partial charge in [0.15, 0.2) is 0 Å². The number of ether oxygens (including phenoxy) is 1. The number of amides is 1. The Kier molecular flexibility index (Phi) is 5.20. The largest absolute Gasteiger partial charge is 0.380 e. The van der Waals surface area contributed by atoms with E-state index in [0.29, 0.717) is 21.5 Å². The van der Waals surface area contributed by atoms with Crippen LogP contribution in [0.25, 0.3) is 26.8 Å². The molecule has 3 aromatic carbocycles. The number of anilines is 1. The number of halogens is 1. The maximum absolute atomic E-state index is 14.4. The number of para-hydroxylation sites is 1. The van der Waals surface area contributed by atoms with Crippen LogP contribution in [0.5, 0.6) is 0 Å². The average Bonchev–Trinajstić information content (AvgIpc) is 3.32. The van der Waals surface area contributed by atoms with Crippen molar-refractivity contribution in [1.82, 2.24) is 9.55 Å². The Morgan fingerprint density at radius 1 is 1.12 bits per heavy atom. The number of benzene rings is 3. The molecule has 0 bridgehead atoms. The predicted molar refractivity (Wildman–Crippen MR) is 126 cm³/mol. The third kappa shape index (κ3) is 3.45. The molecule has 32 heavy (non-hydrogen) atoms. The van der Waals surface area contributed by atoms with Crippen molar-refractivity contribution in [3.05, 3.63) is 88.8 Å². The highest BCUT2D eigenvalue weighted by molar-refractivity contribution is 7.21. The summed E-state index contributed by atoms with van der Waals surface area (Å²) in [6.45, 7) is 2.11. The number of hydrogen-bond acceptors (Lipinski definition) is 4. The first kappa shape index (κ1) is 20.4. The van der Waals surface area contributed by atoms with E-state index in [1.54, 1.807) is 6.07 Å². The van der Waals surface area contributed by atoms with Gasteiger partial charge in [0.05, 0.1) is 22.5 Å². The van der Waals surface area contributed by atoms with Crippen LogP contribution in [-0.4, -0.2) is 22.6 Å². The van der Waals surface area contributed by atoms with E-state index in [1.807, 2.05) is 61.5 Å². The maximum atomic E-state index is 14.4. The number of aryl methyl sites for hydroxylation is 1. The molecule has 1 N–H and O–H groups in total. The first-order valence-corrected chi connectivity index (χ1v) is 10.9. The molecule has 5 rings (SSSR count). The van der Waals surface area contributed by atoms with Gasteiger partial charge in [0.25, 0.3) is 5.91 Å². The number of nitrogens with zero attached hydrogens (tertiary/aromatic N) is 2. The van der Waals surface area contributed by atoms with Gasteiger partial charge in [-0.15, -0.1) is 11.3 Å². The van der Waals surface area contributed by atoms with Crippen molar-refractivity contribution in [3.8, 4) is 5.69 Å². The van der Waals surface area contributed by atoms with Gasteiger partial charge in [0, 0.05) is 34.1 Å². The number of imidazole rings is 1. The number of thiophene rings is 1. The quantitative estimate of drug-likeness (QED) is 0.356. The molecule has 5 nitrogen and oxygen atoms in total. The fourth-order valence-corrected chi connectivity index (χ4v) is 5.12. The highest BCUT2D eigenvalue weighted by atomic mass is 32.1. The molecule has 0 atom stereocenters. The maximum Gasteiger partial charge on any atom is 0.266 e. The van der Waals surface area contributed by atoms with Crippen LogP contribution in [0.2, 0.25) is 0 Å². The SMILES string of the molecule is COCc1c(C(=O)Nc2ccc3c(c2)nc(C)n3-c2ccccc2)sc2cccc(F)c12. The molecule has 2 aromatic heterocycles. The van der Waals surface area contributed by atoms with Crippen LogP contribution < -0.4 is 5.32 Å². The molecule has 0 aliphatic heterocycles. The van der Waals surface area contributed by atoms with E-state index in [1.165, 1.54) is 24.5 Å². The smallest absolute Gasteiger partial charge is 0.266 e. The number of fused-ring (bicyclic) bond motifs is 2. The first-order chi connectivity index (χ1) is 15.6. The average molecular weight is 446 g/mol. The molecule has 160 valence electrons. The van der Waals surface area contributed by atoms with E-state index in [9.17, 15) is 9.18 Å². The Labute approximate surface area is 188 Å². The molecule has 0 aliphatic rings. The van der Waals surface area contributed by atoms with Gasteiger partial charge in [-0.1, -0.05) is 24.3 Å². The molecule has 5 aromatic rings.